The summed E-state index contributed by atoms with van der Waals surface area (Å²) in [5.74, 6) is -0.477. The average molecular weight is 377 g/mol. The molecule has 0 spiro atoms. The SMILES string of the molecule is C=CCN(Cc1cccs1)S(=O)(=O)c1ccc(OC(F)(F)F)cc1. The van der Waals surface area contributed by atoms with Gasteiger partial charge in [-0.1, -0.05) is 12.1 Å². The highest BCUT2D eigenvalue weighted by Crippen LogP contribution is 2.26. The molecule has 0 aliphatic heterocycles. The van der Waals surface area contributed by atoms with Crippen molar-refractivity contribution in [1.29, 1.82) is 0 Å². The molecule has 0 unspecified atom stereocenters. The third kappa shape index (κ3) is 4.83. The van der Waals surface area contributed by atoms with Crippen molar-refractivity contribution in [2.24, 2.45) is 0 Å². The molecule has 1 heterocycles. The predicted octanol–water partition coefficient (Wildman–Crippen LogP) is 4.02. The molecule has 0 aliphatic rings. The third-order valence-corrected chi connectivity index (χ3v) is 5.63. The summed E-state index contributed by atoms with van der Waals surface area (Å²) in [6, 6.07) is 7.72. The van der Waals surface area contributed by atoms with Crippen LogP contribution < -0.4 is 4.74 Å². The molecule has 4 nitrogen and oxygen atoms in total. The summed E-state index contributed by atoms with van der Waals surface area (Å²) >= 11 is 1.41. The molecular formula is C15H14F3NO3S2. The largest absolute Gasteiger partial charge is 0.573 e. The number of hydrogen-bond acceptors (Lipinski definition) is 4. The van der Waals surface area contributed by atoms with E-state index >= 15 is 0 Å². The summed E-state index contributed by atoms with van der Waals surface area (Å²) in [4.78, 5) is 0.730. The van der Waals surface area contributed by atoms with Gasteiger partial charge in [0.2, 0.25) is 10.0 Å². The molecule has 0 aliphatic carbocycles. The number of benzene rings is 1. The van der Waals surface area contributed by atoms with Crippen LogP contribution in [0.4, 0.5) is 13.2 Å². The lowest BCUT2D eigenvalue weighted by Crippen LogP contribution is -2.30. The first-order valence-electron chi connectivity index (χ1n) is 6.71. The molecule has 0 N–H and O–H groups in total. The third-order valence-electron chi connectivity index (χ3n) is 2.94. The Morgan fingerprint density at radius 3 is 2.38 bits per heavy atom. The number of ether oxygens (including phenoxy) is 1. The Morgan fingerprint density at radius 2 is 1.88 bits per heavy atom. The van der Waals surface area contributed by atoms with Crippen molar-refractivity contribution < 1.29 is 26.3 Å². The molecule has 0 saturated heterocycles. The first kappa shape index (κ1) is 18.5. The summed E-state index contributed by atoms with van der Waals surface area (Å²) in [5, 5.41) is 1.83. The second-order valence-electron chi connectivity index (χ2n) is 4.68. The molecule has 1 aromatic heterocycles. The summed E-state index contributed by atoms with van der Waals surface area (Å²) in [7, 11) is -3.87. The van der Waals surface area contributed by atoms with Crippen LogP contribution in [0, 0.1) is 0 Å². The Balaban J connectivity index is 2.24. The van der Waals surface area contributed by atoms with Crippen molar-refractivity contribution >= 4 is 21.4 Å². The zero-order valence-corrected chi connectivity index (χ0v) is 14.0. The van der Waals surface area contributed by atoms with E-state index in [4.69, 9.17) is 0 Å². The molecule has 9 heteroatoms. The van der Waals surface area contributed by atoms with Crippen molar-refractivity contribution in [3.05, 3.63) is 59.3 Å². The molecule has 0 amide bonds. The van der Waals surface area contributed by atoms with Gasteiger partial charge in [-0.05, 0) is 35.7 Å². The number of alkyl halides is 3. The minimum atomic E-state index is -4.82. The molecule has 130 valence electrons. The Morgan fingerprint density at radius 1 is 1.21 bits per heavy atom. The van der Waals surface area contributed by atoms with Crippen LogP contribution in [0.1, 0.15) is 4.88 Å². The topological polar surface area (TPSA) is 46.6 Å². The monoisotopic (exact) mass is 377 g/mol. The summed E-state index contributed by atoms with van der Waals surface area (Å²) < 4.78 is 66.7. The van der Waals surface area contributed by atoms with Crippen molar-refractivity contribution in [1.82, 2.24) is 4.31 Å². The predicted molar refractivity (Wildman–Crippen MR) is 85.2 cm³/mol. The maximum atomic E-state index is 12.7. The van der Waals surface area contributed by atoms with Crippen LogP contribution in [-0.4, -0.2) is 25.6 Å². The average Bonchev–Trinajstić information content (AvgIpc) is 2.99. The van der Waals surface area contributed by atoms with E-state index in [1.165, 1.54) is 21.7 Å². The number of halogens is 3. The van der Waals surface area contributed by atoms with Gasteiger partial charge in [0.05, 0.1) is 4.90 Å². The van der Waals surface area contributed by atoms with Gasteiger partial charge in [-0.25, -0.2) is 8.42 Å². The Labute approximate surface area is 141 Å². The Bertz CT molecular complexity index is 769. The van der Waals surface area contributed by atoms with Crippen molar-refractivity contribution in [3.8, 4) is 5.75 Å². The minimum absolute atomic E-state index is 0.0844. The van der Waals surface area contributed by atoms with E-state index in [2.05, 4.69) is 11.3 Å². The van der Waals surface area contributed by atoms with E-state index in [1.807, 2.05) is 11.4 Å². The number of sulfonamides is 1. The number of thiophene rings is 1. The van der Waals surface area contributed by atoms with Gasteiger partial charge in [0, 0.05) is 18.0 Å². The highest BCUT2D eigenvalue weighted by atomic mass is 32.2. The van der Waals surface area contributed by atoms with Crippen molar-refractivity contribution in [3.63, 3.8) is 0 Å². The van der Waals surface area contributed by atoms with Crippen LogP contribution in [0.25, 0.3) is 0 Å². The van der Waals surface area contributed by atoms with E-state index in [1.54, 1.807) is 6.07 Å². The number of hydrogen-bond donors (Lipinski definition) is 0. The smallest absolute Gasteiger partial charge is 0.406 e. The normalized spacial score (nSPS) is 12.3. The van der Waals surface area contributed by atoms with Gasteiger partial charge in [0.25, 0.3) is 0 Å². The van der Waals surface area contributed by atoms with Crippen LogP contribution in [0.3, 0.4) is 0 Å². The Hall–Kier alpha value is -1.84. The maximum absolute atomic E-state index is 12.7. The molecule has 0 bridgehead atoms. The number of nitrogens with zero attached hydrogens (tertiary/aromatic N) is 1. The van der Waals surface area contributed by atoms with E-state index in [9.17, 15) is 21.6 Å². The van der Waals surface area contributed by atoms with Crippen LogP contribution in [0.15, 0.2) is 59.3 Å². The molecule has 2 aromatic rings. The lowest BCUT2D eigenvalue weighted by atomic mass is 10.3. The van der Waals surface area contributed by atoms with Crippen LogP contribution in [0.2, 0.25) is 0 Å². The van der Waals surface area contributed by atoms with Crippen LogP contribution in [-0.2, 0) is 16.6 Å². The fraction of sp³-hybridized carbons (Fsp3) is 0.200. The molecule has 0 radical (unpaired) electrons. The molecule has 0 atom stereocenters. The molecule has 0 saturated carbocycles. The molecular weight excluding hydrogens is 363 g/mol. The van der Waals surface area contributed by atoms with Gasteiger partial charge in [-0.15, -0.1) is 31.1 Å². The minimum Gasteiger partial charge on any atom is -0.406 e. The lowest BCUT2D eigenvalue weighted by molar-refractivity contribution is -0.274. The van der Waals surface area contributed by atoms with Gasteiger partial charge in [-0.2, -0.15) is 4.31 Å². The zero-order valence-electron chi connectivity index (χ0n) is 12.4. The summed E-state index contributed by atoms with van der Waals surface area (Å²) in [6.07, 6.45) is -3.37. The highest BCUT2D eigenvalue weighted by Gasteiger charge is 2.31. The van der Waals surface area contributed by atoms with E-state index < -0.39 is 22.1 Å². The van der Waals surface area contributed by atoms with E-state index in [-0.39, 0.29) is 18.0 Å². The van der Waals surface area contributed by atoms with E-state index in [0.29, 0.717) is 0 Å². The lowest BCUT2D eigenvalue weighted by Gasteiger charge is -2.20. The molecule has 0 fully saturated rings. The second-order valence-corrected chi connectivity index (χ2v) is 7.65. The fourth-order valence-electron chi connectivity index (χ4n) is 1.93. The highest BCUT2D eigenvalue weighted by molar-refractivity contribution is 7.89. The fourth-order valence-corrected chi connectivity index (χ4v) is 4.12. The van der Waals surface area contributed by atoms with Crippen LogP contribution >= 0.6 is 11.3 Å². The first-order chi connectivity index (χ1) is 11.2. The number of rotatable bonds is 7. The summed E-state index contributed by atoms with van der Waals surface area (Å²) in [5.41, 5.74) is 0. The zero-order chi connectivity index (χ0) is 17.8. The van der Waals surface area contributed by atoms with E-state index in [0.717, 1.165) is 29.1 Å². The second kappa shape index (κ2) is 7.37. The van der Waals surface area contributed by atoms with Gasteiger partial charge in [0.1, 0.15) is 5.75 Å². The van der Waals surface area contributed by atoms with Gasteiger partial charge >= 0.3 is 6.36 Å². The molecule has 24 heavy (non-hydrogen) atoms. The van der Waals surface area contributed by atoms with Gasteiger partial charge in [0.15, 0.2) is 0 Å². The maximum Gasteiger partial charge on any atom is 0.573 e. The molecule has 2 rings (SSSR count). The van der Waals surface area contributed by atoms with Gasteiger partial charge in [-0.3, -0.25) is 0 Å². The quantitative estimate of drug-likeness (QED) is 0.685. The standard InChI is InChI=1S/C15H14F3NO3S2/c1-2-9-19(11-13-4-3-10-23-13)24(20,21)14-7-5-12(6-8-14)22-15(16,17)18/h2-8,10H,1,9,11H2. The van der Waals surface area contributed by atoms with Gasteiger partial charge < -0.3 is 4.74 Å². The first-order valence-corrected chi connectivity index (χ1v) is 9.03. The van der Waals surface area contributed by atoms with Crippen molar-refractivity contribution in [2.45, 2.75) is 17.8 Å². The summed E-state index contributed by atoms with van der Waals surface area (Å²) in [6.45, 7) is 3.79. The Kier molecular flexibility index (Phi) is 5.68. The van der Waals surface area contributed by atoms with Crippen LogP contribution in [0.5, 0.6) is 5.75 Å². The van der Waals surface area contributed by atoms with Crippen molar-refractivity contribution in [2.75, 3.05) is 6.54 Å². The molecule has 1 aromatic carbocycles.